The van der Waals surface area contributed by atoms with Crippen LogP contribution in [0.1, 0.15) is 16.1 Å². The summed E-state index contributed by atoms with van der Waals surface area (Å²) in [5, 5.41) is 5.23. The van der Waals surface area contributed by atoms with Crippen LogP contribution < -0.4 is 10.6 Å². The Morgan fingerprint density at radius 3 is 2.65 bits per heavy atom. The molecule has 2 rings (SSSR count). The number of halogens is 1. The number of hydrogen-bond donors (Lipinski definition) is 2. The first-order chi connectivity index (χ1) is 11.1. The second-order valence-corrected chi connectivity index (χ2v) is 5.36. The Bertz CT molecular complexity index is 736. The third-order valence-corrected chi connectivity index (χ3v) is 3.54. The van der Waals surface area contributed by atoms with Crippen LogP contribution in [0.15, 0.2) is 69.9 Å². The summed E-state index contributed by atoms with van der Waals surface area (Å²) in [6.07, 6.45) is 4.51. The van der Waals surface area contributed by atoms with E-state index in [0.29, 0.717) is 22.3 Å². The summed E-state index contributed by atoms with van der Waals surface area (Å²) in [7, 11) is 0. The third-order valence-electron chi connectivity index (χ3n) is 2.85. The van der Waals surface area contributed by atoms with Crippen molar-refractivity contribution in [2.45, 2.75) is 0 Å². The van der Waals surface area contributed by atoms with Gasteiger partial charge in [-0.25, -0.2) is 0 Å². The van der Waals surface area contributed by atoms with E-state index >= 15 is 0 Å². The number of amides is 2. The van der Waals surface area contributed by atoms with Crippen molar-refractivity contribution in [2.75, 3.05) is 6.54 Å². The molecule has 0 bridgehead atoms. The summed E-state index contributed by atoms with van der Waals surface area (Å²) >= 11 is 3.31. The molecule has 0 aliphatic carbocycles. The number of nitrogens with one attached hydrogen (secondary N) is 2. The van der Waals surface area contributed by atoms with Crippen LogP contribution in [-0.4, -0.2) is 18.4 Å². The minimum Gasteiger partial charge on any atom is -0.465 e. The maximum absolute atomic E-state index is 12.4. The van der Waals surface area contributed by atoms with Gasteiger partial charge >= 0.3 is 0 Å². The lowest BCUT2D eigenvalue weighted by atomic mass is 10.2. The fraction of sp³-hybridized carbons (Fsp3) is 0.0588. The summed E-state index contributed by atoms with van der Waals surface area (Å²) < 4.78 is 5.83. The van der Waals surface area contributed by atoms with Crippen molar-refractivity contribution in [2.24, 2.45) is 0 Å². The number of hydrogen-bond acceptors (Lipinski definition) is 3. The Hall–Kier alpha value is -2.60. The van der Waals surface area contributed by atoms with Crippen LogP contribution in [0, 0.1) is 0 Å². The topological polar surface area (TPSA) is 71.3 Å². The number of carbonyl (C=O) groups is 2. The highest BCUT2D eigenvalue weighted by Crippen LogP contribution is 2.16. The molecule has 0 fully saturated rings. The highest BCUT2D eigenvalue weighted by atomic mass is 79.9. The molecule has 0 unspecified atom stereocenters. The molecular formula is C17H15BrN2O3. The first kappa shape index (κ1) is 16.8. The Morgan fingerprint density at radius 2 is 2.00 bits per heavy atom. The van der Waals surface area contributed by atoms with Crippen molar-refractivity contribution in [1.82, 2.24) is 10.6 Å². The van der Waals surface area contributed by atoms with Crippen LogP contribution in [0.3, 0.4) is 0 Å². The van der Waals surface area contributed by atoms with Gasteiger partial charge in [0.05, 0.1) is 11.8 Å². The molecule has 5 nitrogen and oxygen atoms in total. The smallest absolute Gasteiger partial charge is 0.268 e. The summed E-state index contributed by atoms with van der Waals surface area (Å²) in [6.45, 7) is 3.83. The normalized spacial score (nSPS) is 10.9. The molecule has 2 amide bonds. The molecule has 2 N–H and O–H groups in total. The van der Waals surface area contributed by atoms with Crippen LogP contribution in [0.2, 0.25) is 0 Å². The largest absolute Gasteiger partial charge is 0.465 e. The van der Waals surface area contributed by atoms with E-state index < -0.39 is 11.8 Å². The van der Waals surface area contributed by atoms with Gasteiger partial charge in [-0.15, -0.1) is 6.58 Å². The molecule has 1 aromatic carbocycles. The Kier molecular flexibility index (Phi) is 5.94. The predicted molar refractivity (Wildman–Crippen MR) is 91.5 cm³/mol. The van der Waals surface area contributed by atoms with E-state index in [4.69, 9.17) is 4.42 Å². The fourth-order valence-electron chi connectivity index (χ4n) is 1.77. The van der Waals surface area contributed by atoms with Crippen molar-refractivity contribution in [3.8, 4) is 0 Å². The summed E-state index contributed by atoms with van der Waals surface area (Å²) in [4.78, 5) is 24.6. The van der Waals surface area contributed by atoms with Crippen LogP contribution in [-0.2, 0) is 4.79 Å². The van der Waals surface area contributed by atoms with Crippen molar-refractivity contribution in [3.63, 3.8) is 0 Å². The standard InChI is InChI=1S/C17H15BrN2O3/c1-2-9-19-17(22)15(11-12-6-5-10-23-12)20-16(21)13-7-3-4-8-14(13)18/h2-8,10-11H,1,9H2,(H,19,22)(H,20,21)/b15-11+. The molecule has 0 atom stereocenters. The number of rotatable bonds is 6. The molecule has 118 valence electrons. The number of carbonyl (C=O) groups excluding carboxylic acids is 2. The zero-order valence-electron chi connectivity index (χ0n) is 12.2. The highest BCUT2D eigenvalue weighted by molar-refractivity contribution is 9.10. The van der Waals surface area contributed by atoms with E-state index in [0.717, 1.165) is 0 Å². The Morgan fingerprint density at radius 1 is 1.22 bits per heavy atom. The van der Waals surface area contributed by atoms with E-state index in [1.54, 1.807) is 42.5 Å². The lowest BCUT2D eigenvalue weighted by molar-refractivity contribution is -0.117. The molecule has 0 saturated heterocycles. The van der Waals surface area contributed by atoms with Gasteiger partial charge in [0.2, 0.25) is 0 Å². The minimum absolute atomic E-state index is 0.0857. The highest BCUT2D eigenvalue weighted by Gasteiger charge is 2.16. The molecular weight excluding hydrogens is 360 g/mol. The third kappa shape index (κ3) is 4.69. The van der Waals surface area contributed by atoms with Crippen LogP contribution in [0.4, 0.5) is 0 Å². The van der Waals surface area contributed by atoms with Crippen molar-refractivity contribution in [3.05, 3.63) is 76.8 Å². The van der Waals surface area contributed by atoms with Gasteiger partial charge < -0.3 is 15.1 Å². The summed E-state index contributed by atoms with van der Waals surface area (Å²) in [5.74, 6) is -0.369. The van der Waals surface area contributed by atoms with E-state index in [-0.39, 0.29) is 5.70 Å². The van der Waals surface area contributed by atoms with E-state index in [1.807, 2.05) is 0 Å². The lowest BCUT2D eigenvalue weighted by Crippen LogP contribution is -2.35. The quantitative estimate of drug-likeness (QED) is 0.602. The fourth-order valence-corrected chi connectivity index (χ4v) is 2.23. The van der Waals surface area contributed by atoms with Gasteiger partial charge in [0, 0.05) is 17.1 Å². The minimum atomic E-state index is -0.429. The first-order valence-electron chi connectivity index (χ1n) is 6.82. The van der Waals surface area contributed by atoms with Gasteiger partial charge in [0.25, 0.3) is 11.8 Å². The van der Waals surface area contributed by atoms with E-state index in [2.05, 4.69) is 33.1 Å². The van der Waals surface area contributed by atoms with Crippen molar-refractivity contribution < 1.29 is 14.0 Å². The molecule has 1 aromatic heterocycles. The van der Waals surface area contributed by atoms with Gasteiger partial charge in [-0.05, 0) is 40.2 Å². The van der Waals surface area contributed by atoms with Crippen molar-refractivity contribution >= 4 is 33.8 Å². The molecule has 0 aliphatic heterocycles. The zero-order chi connectivity index (χ0) is 16.7. The molecule has 0 radical (unpaired) electrons. The molecule has 0 aliphatic rings. The maximum atomic E-state index is 12.4. The summed E-state index contributed by atoms with van der Waals surface area (Å²) in [5.41, 5.74) is 0.511. The van der Waals surface area contributed by atoms with Gasteiger partial charge in [-0.1, -0.05) is 18.2 Å². The van der Waals surface area contributed by atoms with Gasteiger partial charge in [0.15, 0.2) is 0 Å². The molecule has 23 heavy (non-hydrogen) atoms. The maximum Gasteiger partial charge on any atom is 0.268 e. The van der Waals surface area contributed by atoms with Crippen molar-refractivity contribution in [1.29, 1.82) is 0 Å². The van der Waals surface area contributed by atoms with Gasteiger partial charge in [-0.2, -0.15) is 0 Å². The number of benzene rings is 1. The predicted octanol–water partition coefficient (Wildman–Crippen LogP) is 3.12. The second-order valence-electron chi connectivity index (χ2n) is 4.51. The number of furan rings is 1. The van der Waals surface area contributed by atoms with Crippen LogP contribution in [0.5, 0.6) is 0 Å². The lowest BCUT2D eigenvalue weighted by Gasteiger charge is -2.10. The molecule has 0 saturated carbocycles. The average molecular weight is 375 g/mol. The van der Waals surface area contributed by atoms with E-state index in [9.17, 15) is 9.59 Å². The second kappa shape index (κ2) is 8.14. The molecule has 1 heterocycles. The first-order valence-corrected chi connectivity index (χ1v) is 7.61. The molecule has 0 spiro atoms. The zero-order valence-corrected chi connectivity index (χ0v) is 13.8. The van der Waals surface area contributed by atoms with Gasteiger partial charge in [0.1, 0.15) is 11.5 Å². The summed E-state index contributed by atoms with van der Waals surface area (Å²) in [6, 6.07) is 10.3. The van der Waals surface area contributed by atoms with Crippen LogP contribution >= 0.6 is 15.9 Å². The Labute approximate surface area is 142 Å². The molecule has 2 aromatic rings. The van der Waals surface area contributed by atoms with Crippen LogP contribution in [0.25, 0.3) is 6.08 Å². The molecule has 6 heteroatoms. The van der Waals surface area contributed by atoms with Gasteiger partial charge in [-0.3, -0.25) is 9.59 Å². The Balaban J connectivity index is 2.24. The SMILES string of the molecule is C=CCNC(=O)/C(=C\c1ccco1)NC(=O)c1ccccc1Br. The average Bonchev–Trinajstić information content (AvgIpc) is 3.05. The monoisotopic (exact) mass is 374 g/mol. The van der Waals surface area contributed by atoms with E-state index in [1.165, 1.54) is 12.3 Å².